The average Bonchev–Trinajstić information content (AvgIpc) is 3.39. The molecule has 7 nitrogen and oxygen atoms in total. The van der Waals surface area contributed by atoms with Crippen LogP contribution in [-0.4, -0.2) is 52.3 Å². The van der Waals surface area contributed by atoms with Gasteiger partial charge >= 0.3 is 0 Å². The molecule has 0 spiro atoms. The van der Waals surface area contributed by atoms with Crippen LogP contribution in [0.4, 0.5) is 0 Å². The summed E-state index contributed by atoms with van der Waals surface area (Å²) in [7, 11) is 1.78. The molecule has 0 aromatic carbocycles. The van der Waals surface area contributed by atoms with E-state index in [1.165, 1.54) is 19.3 Å². The van der Waals surface area contributed by atoms with E-state index in [1.807, 2.05) is 17.0 Å². The molecule has 164 valence electrons. The van der Waals surface area contributed by atoms with E-state index in [9.17, 15) is 4.79 Å². The van der Waals surface area contributed by atoms with Gasteiger partial charge in [0.05, 0.1) is 12.2 Å². The standard InChI is InChI=1S/C22H32N6O.HI/c1-16-7-6-10-20-25-19(15-28(16)20)13-24-22(23-2)26-18-11-12-27(14-18)21(29)17-8-4-3-5-9-17;/h6-7,10,15,17-18H,3-5,8-9,11-14H2,1-2H3,(H2,23,24,26);1H. The molecule has 2 aliphatic rings. The van der Waals surface area contributed by atoms with Crippen LogP contribution in [0.25, 0.3) is 5.65 Å². The molecule has 0 radical (unpaired) electrons. The zero-order valence-corrected chi connectivity index (χ0v) is 20.3. The Morgan fingerprint density at radius 1 is 1.23 bits per heavy atom. The van der Waals surface area contributed by atoms with E-state index in [0.717, 1.165) is 55.3 Å². The zero-order valence-electron chi connectivity index (χ0n) is 17.9. The van der Waals surface area contributed by atoms with Crippen LogP contribution in [0.5, 0.6) is 0 Å². The molecule has 2 aromatic rings. The second-order valence-electron chi connectivity index (χ2n) is 8.30. The van der Waals surface area contributed by atoms with E-state index >= 15 is 0 Å². The molecule has 0 bridgehead atoms. The third kappa shape index (κ3) is 5.25. The molecule has 1 aliphatic carbocycles. The number of amides is 1. The highest BCUT2D eigenvalue weighted by molar-refractivity contribution is 14.0. The third-order valence-corrected chi connectivity index (χ3v) is 6.20. The molecule has 3 heterocycles. The van der Waals surface area contributed by atoms with Crippen LogP contribution < -0.4 is 10.6 Å². The lowest BCUT2D eigenvalue weighted by molar-refractivity contribution is -0.135. The molecule has 1 saturated carbocycles. The first-order valence-corrected chi connectivity index (χ1v) is 10.8. The summed E-state index contributed by atoms with van der Waals surface area (Å²) < 4.78 is 2.10. The second kappa shape index (κ2) is 10.5. The molecule has 2 fully saturated rings. The van der Waals surface area contributed by atoms with Crippen molar-refractivity contribution in [2.24, 2.45) is 10.9 Å². The molecule has 1 atom stereocenters. The van der Waals surface area contributed by atoms with Crippen molar-refractivity contribution in [3.8, 4) is 0 Å². The molecular formula is C22H33IN6O. The number of imidazole rings is 1. The topological polar surface area (TPSA) is 74.0 Å². The van der Waals surface area contributed by atoms with Crippen molar-refractivity contribution in [3.63, 3.8) is 0 Å². The molecule has 30 heavy (non-hydrogen) atoms. The van der Waals surface area contributed by atoms with Gasteiger partial charge in [0, 0.05) is 44.0 Å². The van der Waals surface area contributed by atoms with E-state index in [2.05, 4.69) is 44.2 Å². The highest BCUT2D eigenvalue weighted by Crippen LogP contribution is 2.26. The van der Waals surface area contributed by atoms with E-state index in [-0.39, 0.29) is 35.9 Å². The SMILES string of the molecule is CN=C(NCc1cn2c(C)cccc2n1)NC1CCN(C(=O)C2CCCCC2)C1.I. The van der Waals surface area contributed by atoms with Gasteiger partial charge in [-0.1, -0.05) is 25.3 Å². The largest absolute Gasteiger partial charge is 0.352 e. The Morgan fingerprint density at radius 2 is 2.03 bits per heavy atom. The minimum atomic E-state index is 0. The molecule has 1 saturated heterocycles. The Kier molecular flexibility index (Phi) is 7.96. The number of halogens is 1. The first-order chi connectivity index (χ1) is 14.1. The van der Waals surface area contributed by atoms with E-state index < -0.39 is 0 Å². The van der Waals surface area contributed by atoms with E-state index in [1.54, 1.807) is 7.05 Å². The number of hydrogen-bond donors (Lipinski definition) is 2. The minimum Gasteiger partial charge on any atom is -0.352 e. The molecule has 8 heteroatoms. The number of nitrogens with zero attached hydrogens (tertiary/aromatic N) is 4. The maximum atomic E-state index is 12.8. The number of fused-ring (bicyclic) bond motifs is 1. The number of carbonyl (C=O) groups excluding carboxylic acids is 1. The summed E-state index contributed by atoms with van der Waals surface area (Å²) in [5, 5.41) is 6.84. The summed E-state index contributed by atoms with van der Waals surface area (Å²) in [6.07, 6.45) is 8.83. The lowest BCUT2D eigenvalue weighted by Crippen LogP contribution is -2.45. The highest BCUT2D eigenvalue weighted by atomic mass is 127. The summed E-state index contributed by atoms with van der Waals surface area (Å²) >= 11 is 0. The lowest BCUT2D eigenvalue weighted by Gasteiger charge is -2.26. The quantitative estimate of drug-likeness (QED) is 0.367. The molecule has 1 unspecified atom stereocenters. The molecule has 4 rings (SSSR count). The Hall–Kier alpha value is -1.84. The van der Waals surface area contributed by atoms with Crippen molar-refractivity contribution >= 4 is 41.5 Å². The number of nitrogens with one attached hydrogen (secondary N) is 2. The number of likely N-dealkylation sites (tertiary alicyclic amines) is 1. The van der Waals surface area contributed by atoms with Crippen LogP contribution >= 0.6 is 24.0 Å². The fourth-order valence-corrected chi connectivity index (χ4v) is 4.53. The van der Waals surface area contributed by atoms with Gasteiger partial charge in [-0.15, -0.1) is 24.0 Å². The van der Waals surface area contributed by atoms with Crippen molar-refractivity contribution in [1.29, 1.82) is 0 Å². The summed E-state index contributed by atoms with van der Waals surface area (Å²) in [5.74, 6) is 1.37. The molecule has 1 amide bonds. The smallest absolute Gasteiger partial charge is 0.225 e. The molecule has 1 aliphatic heterocycles. The van der Waals surface area contributed by atoms with Gasteiger partial charge in [-0.05, 0) is 38.3 Å². The Balaban J connectivity index is 0.00000256. The van der Waals surface area contributed by atoms with E-state index in [4.69, 9.17) is 0 Å². The molecular weight excluding hydrogens is 491 g/mol. The first-order valence-electron chi connectivity index (χ1n) is 10.8. The molecule has 2 aromatic heterocycles. The molecule has 2 N–H and O–H groups in total. The average molecular weight is 524 g/mol. The number of aliphatic imine (C=N–C) groups is 1. The van der Waals surface area contributed by atoms with Gasteiger partial charge in [-0.3, -0.25) is 9.79 Å². The maximum absolute atomic E-state index is 12.8. The van der Waals surface area contributed by atoms with Crippen molar-refractivity contribution in [2.45, 2.75) is 58.0 Å². The summed E-state index contributed by atoms with van der Waals surface area (Å²) in [6, 6.07) is 6.36. The van der Waals surface area contributed by atoms with Crippen molar-refractivity contribution < 1.29 is 4.79 Å². The van der Waals surface area contributed by atoms with Crippen LogP contribution in [0.1, 0.15) is 49.9 Å². The van der Waals surface area contributed by atoms with Crippen molar-refractivity contribution in [1.82, 2.24) is 24.9 Å². The number of rotatable bonds is 4. The maximum Gasteiger partial charge on any atom is 0.225 e. The number of pyridine rings is 1. The van der Waals surface area contributed by atoms with Gasteiger partial charge < -0.3 is 19.9 Å². The van der Waals surface area contributed by atoms with Crippen LogP contribution in [0, 0.1) is 12.8 Å². The zero-order chi connectivity index (χ0) is 20.2. The van der Waals surface area contributed by atoms with Crippen LogP contribution in [-0.2, 0) is 11.3 Å². The number of carbonyl (C=O) groups is 1. The van der Waals surface area contributed by atoms with E-state index in [0.29, 0.717) is 12.5 Å². The first kappa shape index (κ1) is 22.8. The number of hydrogen-bond acceptors (Lipinski definition) is 3. The fraction of sp³-hybridized carbons (Fsp3) is 0.591. The predicted octanol–water partition coefficient (Wildman–Crippen LogP) is 3.11. The highest BCUT2D eigenvalue weighted by Gasteiger charge is 2.31. The van der Waals surface area contributed by atoms with Gasteiger partial charge in [0.1, 0.15) is 5.65 Å². The Bertz CT molecular complexity index is 889. The fourth-order valence-electron chi connectivity index (χ4n) is 4.53. The van der Waals surface area contributed by atoms with Crippen molar-refractivity contribution in [3.05, 3.63) is 35.8 Å². The third-order valence-electron chi connectivity index (χ3n) is 6.20. The van der Waals surface area contributed by atoms with Crippen LogP contribution in [0.2, 0.25) is 0 Å². The second-order valence-corrected chi connectivity index (χ2v) is 8.30. The lowest BCUT2D eigenvalue weighted by atomic mass is 9.88. The van der Waals surface area contributed by atoms with Gasteiger partial charge in [0.2, 0.25) is 5.91 Å². The summed E-state index contributed by atoms with van der Waals surface area (Å²) in [5.41, 5.74) is 3.10. The monoisotopic (exact) mass is 524 g/mol. The normalized spacial score (nSPS) is 20.3. The Morgan fingerprint density at radius 3 is 2.77 bits per heavy atom. The van der Waals surface area contributed by atoms with Gasteiger partial charge in [0.25, 0.3) is 0 Å². The van der Waals surface area contributed by atoms with Crippen molar-refractivity contribution in [2.75, 3.05) is 20.1 Å². The Labute approximate surface area is 195 Å². The number of aryl methyl sites for hydroxylation is 1. The van der Waals surface area contributed by atoms with Gasteiger partial charge in [-0.25, -0.2) is 4.98 Å². The summed E-state index contributed by atoms with van der Waals surface area (Å²) in [4.78, 5) is 23.8. The van der Waals surface area contributed by atoms with Crippen LogP contribution in [0.15, 0.2) is 29.4 Å². The number of guanidine groups is 1. The predicted molar refractivity (Wildman–Crippen MR) is 130 cm³/mol. The number of aromatic nitrogens is 2. The van der Waals surface area contributed by atoms with Gasteiger partial charge in [-0.2, -0.15) is 0 Å². The summed E-state index contributed by atoms with van der Waals surface area (Å²) in [6.45, 7) is 4.30. The van der Waals surface area contributed by atoms with Crippen LogP contribution in [0.3, 0.4) is 0 Å². The van der Waals surface area contributed by atoms with Gasteiger partial charge in [0.15, 0.2) is 5.96 Å². The minimum absolute atomic E-state index is 0.